The topological polar surface area (TPSA) is 110 Å². The number of aromatic nitrogens is 3. The molecule has 0 radical (unpaired) electrons. The molecule has 3 amide bonds. The highest BCUT2D eigenvalue weighted by Crippen LogP contribution is 2.30. The van der Waals surface area contributed by atoms with Crippen LogP contribution < -0.4 is 16.0 Å². The Kier molecular flexibility index (Phi) is 5.94. The molecule has 3 N–H and O–H groups in total. The van der Waals surface area contributed by atoms with Gasteiger partial charge in [0.05, 0.1) is 28.7 Å². The number of benzene rings is 1. The van der Waals surface area contributed by atoms with E-state index in [0.717, 1.165) is 19.3 Å². The molecule has 162 valence electrons. The number of rotatable bonds is 5. The highest BCUT2D eigenvalue weighted by Gasteiger charge is 2.19. The van der Waals surface area contributed by atoms with E-state index < -0.39 is 6.09 Å². The fourth-order valence-electron chi connectivity index (χ4n) is 3.14. The zero-order valence-corrected chi connectivity index (χ0v) is 17.9. The van der Waals surface area contributed by atoms with Gasteiger partial charge in [0.15, 0.2) is 0 Å². The molecule has 4 rings (SSSR count). The van der Waals surface area contributed by atoms with Gasteiger partial charge in [0.1, 0.15) is 0 Å². The van der Waals surface area contributed by atoms with Gasteiger partial charge in [-0.2, -0.15) is 0 Å². The van der Waals surface area contributed by atoms with Gasteiger partial charge in [-0.15, -0.1) is 0 Å². The highest BCUT2D eigenvalue weighted by molar-refractivity contribution is 6.33. The Labute approximate surface area is 184 Å². The first kappa shape index (κ1) is 20.9. The Hall–Kier alpha value is -3.33. The molecular weight excluding hydrogens is 420 g/mol. The molecule has 2 heterocycles. The van der Waals surface area contributed by atoms with Gasteiger partial charge in [0.2, 0.25) is 5.78 Å². The third kappa shape index (κ3) is 5.05. The normalized spacial score (nSPS) is 13.7. The van der Waals surface area contributed by atoms with Gasteiger partial charge in [-0.05, 0) is 51.3 Å². The maximum atomic E-state index is 12.2. The summed E-state index contributed by atoms with van der Waals surface area (Å²) in [5.74, 6) is 0.440. The molecule has 3 aromatic rings. The molecule has 1 fully saturated rings. The number of fused-ring (bicyclic) bond motifs is 1. The van der Waals surface area contributed by atoms with Crippen molar-refractivity contribution in [2.75, 3.05) is 10.6 Å². The molecule has 1 aliphatic rings. The molecule has 1 saturated carbocycles. The maximum absolute atomic E-state index is 12.2. The van der Waals surface area contributed by atoms with Crippen LogP contribution in [0.5, 0.6) is 0 Å². The number of carbonyl (C=O) groups excluding carboxylic acids is 2. The van der Waals surface area contributed by atoms with Crippen molar-refractivity contribution in [1.82, 2.24) is 19.7 Å². The van der Waals surface area contributed by atoms with E-state index in [9.17, 15) is 9.59 Å². The summed E-state index contributed by atoms with van der Waals surface area (Å²) < 4.78 is 6.76. The second kappa shape index (κ2) is 8.81. The van der Waals surface area contributed by atoms with Gasteiger partial charge in [-0.25, -0.2) is 19.6 Å². The van der Waals surface area contributed by atoms with E-state index in [1.54, 1.807) is 48.8 Å². The van der Waals surface area contributed by atoms with Crippen LogP contribution in [0.3, 0.4) is 0 Å². The van der Waals surface area contributed by atoms with E-state index in [1.165, 1.54) is 6.20 Å². The molecule has 0 atom stereocenters. The average molecular weight is 443 g/mol. The number of anilines is 2. The van der Waals surface area contributed by atoms with Crippen LogP contribution in [0.2, 0.25) is 5.02 Å². The van der Waals surface area contributed by atoms with E-state index in [1.807, 2.05) is 0 Å². The van der Waals surface area contributed by atoms with Crippen molar-refractivity contribution < 1.29 is 14.3 Å². The number of nitrogens with one attached hydrogen (secondary N) is 3. The van der Waals surface area contributed by atoms with Crippen molar-refractivity contribution in [3.05, 3.63) is 41.8 Å². The molecule has 10 heteroatoms. The minimum atomic E-state index is -0.557. The third-order valence-electron chi connectivity index (χ3n) is 4.84. The fraction of sp³-hybridized carbons (Fsp3) is 0.333. The zero-order valence-electron chi connectivity index (χ0n) is 17.2. The van der Waals surface area contributed by atoms with Gasteiger partial charge in [-0.3, -0.25) is 9.72 Å². The van der Waals surface area contributed by atoms with Crippen molar-refractivity contribution >= 4 is 40.9 Å². The predicted octanol–water partition coefficient (Wildman–Crippen LogP) is 4.68. The van der Waals surface area contributed by atoms with Crippen molar-refractivity contribution in [1.29, 1.82) is 0 Å². The Morgan fingerprint density at radius 1 is 1.19 bits per heavy atom. The standard InChI is InChI=1S/C21H23ClN6O3/c1-12(2)31-21(30)26-15-9-23-19-27-18(11-28(19)10-15)16-8-14(6-7-17(16)22)25-20(29)24-13-4-3-5-13/h6-13H,3-5H2,1-2H3,(H,26,30)(H2,24,25,29). The van der Waals surface area contributed by atoms with E-state index in [4.69, 9.17) is 16.3 Å². The molecule has 0 bridgehead atoms. The van der Waals surface area contributed by atoms with Crippen LogP contribution in [0.15, 0.2) is 36.8 Å². The monoisotopic (exact) mass is 442 g/mol. The molecule has 31 heavy (non-hydrogen) atoms. The van der Waals surface area contributed by atoms with Gasteiger partial charge >= 0.3 is 12.1 Å². The Balaban J connectivity index is 1.53. The van der Waals surface area contributed by atoms with Gasteiger partial charge in [0, 0.05) is 29.7 Å². The van der Waals surface area contributed by atoms with E-state index in [2.05, 4.69) is 25.9 Å². The van der Waals surface area contributed by atoms with Gasteiger partial charge < -0.3 is 15.4 Å². The van der Waals surface area contributed by atoms with Crippen molar-refractivity contribution in [3.8, 4) is 11.3 Å². The quantitative estimate of drug-likeness (QED) is 0.531. The van der Waals surface area contributed by atoms with Crippen LogP contribution >= 0.6 is 11.6 Å². The lowest BCUT2D eigenvalue weighted by atomic mass is 9.93. The summed E-state index contributed by atoms with van der Waals surface area (Å²) in [5.41, 5.74) is 2.32. The minimum Gasteiger partial charge on any atom is -0.447 e. The summed E-state index contributed by atoms with van der Waals surface area (Å²) in [6.45, 7) is 3.54. The van der Waals surface area contributed by atoms with E-state index in [0.29, 0.717) is 33.4 Å². The predicted molar refractivity (Wildman–Crippen MR) is 118 cm³/mol. The number of imidazole rings is 1. The number of ether oxygens (including phenoxy) is 1. The lowest BCUT2D eigenvalue weighted by molar-refractivity contribution is 0.130. The smallest absolute Gasteiger partial charge is 0.411 e. The number of carbonyl (C=O) groups is 2. The van der Waals surface area contributed by atoms with Crippen molar-refractivity contribution in [2.45, 2.75) is 45.3 Å². The Morgan fingerprint density at radius 2 is 2.00 bits per heavy atom. The Morgan fingerprint density at radius 3 is 2.71 bits per heavy atom. The molecule has 9 nitrogen and oxygen atoms in total. The SMILES string of the molecule is CC(C)OC(=O)Nc1cnc2nc(-c3cc(NC(=O)NC4CCC4)ccc3Cl)cn2c1. The number of amides is 3. The van der Waals surface area contributed by atoms with Crippen molar-refractivity contribution in [2.24, 2.45) is 0 Å². The second-order valence-corrected chi connectivity index (χ2v) is 8.08. The maximum Gasteiger partial charge on any atom is 0.411 e. The minimum absolute atomic E-state index is 0.227. The average Bonchev–Trinajstić information content (AvgIpc) is 3.08. The molecule has 1 aromatic carbocycles. The lowest BCUT2D eigenvalue weighted by Gasteiger charge is -2.26. The summed E-state index contributed by atoms with van der Waals surface area (Å²) in [6.07, 6.45) is 7.32. The summed E-state index contributed by atoms with van der Waals surface area (Å²) in [5, 5.41) is 8.90. The first-order chi connectivity index (χ1) is 14.9. The lowest BCUT2D eigenvalue weighted by Crippen LogP contribution is -2.41. The van der Waals surface area contributed by atoms with E-state index >= 15 is 0 Å². The van der Waals surface area contributed by atoms with Crippen LogP contribution in [-0.4, -0.2) is 38.6 Å². The molecule has 1 aliphatic carbocycles. The Bertz CT molecular complexity index is 1130. The summed E-state index contributed by atoms with van der Waals surface area (Å²) in [6, 6.07) is 5.23. The summed E-state index contributed by atoms with van der Waals surface area (Å²) in [7, 11) is 0. The van der Waals surface area contributed by atoms with E-state index in [-0.39, 0.29) is 18.2 Å². The highest BCUT2D eigenvalue weighted by atomic mass is 35.5. The molecule has 0 unspecified atom stereocenters. The molecule has 2 aromatic heterocycles. The molecule has 0 spiro atoms. The number of halogens is 1. The van der Waals surface area contributed by atoms with Crippen LogP contribution in [-0.2, 0) is 4.74 Å². The van der Waals surface area contributed by atoms with Crippen LogP contribution in [0, 0.1) is 0 Å². The number of hydrogen-bond donors (Lipinski definition) is 3. The number of urea groups is 1. The number of nitrogens with zero attached hydrogens (tertiary/aromatic N) is 3. The first-order valence-electron chi connectivity index (χ1n) is 10.1. The van der Waals surface area contributed by atoms with Gasteiger partial charge in [0.25, 0.3) is 0 Å². The first-order valence-corrected chi connectivity index (χ1v) is 10.4. The molecule has 0 saturated heterocycles. The zero-order chi connectivity index (χ0) is 22.0. The fourth-order valence-corrected chi connectivity index (χ4v) is 3.36. The van der Waals surface area contributed by atoms with Crippen molar-refractivity contribution in [3.63, 3.8) is 0 Å². The van der Waals surface area contributed by atoms with Crippen LogP contribution in [0.4, 0.5) is 21.0 Å². The van der Waals surface area contributed by atoms with Gasteiger partial charge in [-0.1, -0.05) is 11.6 Å². The van der Waals surface area contributed by atoms with Crippen LogP contribution in [0.25, 0.3) is 17.0 Å². The summed E-state index contributed by atoms with van der Waals surface area (Å²) >= 11 is 6.39. The molecular formula is C21H23ClN6O3. The third-order valence-corrected chi connectivity index (χ3v) is 5.17. The number of hydrogen-bond acceptors (Lipinski definition) is 5. The summed E-state index contributed by atoms with van der Waals surface area (Å²) in [4.78, 5) is 32.7. The molecule has 0 aliphatic heterocycles. The second-order valence-electron chi connectivity index (χ2n) is 7.68. The largest absolute Gasteiger partial charge is 0.447 e. The van der Waals surface area contributed by atoms with Crippen LogP contribution in [0.1, 0.15) is 33.1 Å².